The van der Waals surface area contributed by atoms with Crippen LogP contribution in [0.25, 0.3) is 0 Å². The summed E-state index contributed by atoms with van der Waals surface area (Å²) in [6.07, 6.45) is 3.09. The topological polar surface area (TPSA) is 46.5 Å². The average molecular weight is 389 g/mol. The summed E-state index contributed by atoms with van der Waals surface area (Å²) >= 11 is 0. The first-order valence-electron chi connectivity index (χ1n) is 10.1. The van der Waals surface area contributed by atoms with Gasteiger partial charge >= 0.3 is 0 Å². The van der Waals surface area contributed by atoms with Crippen LogP contribution in [0.1, 0.15) is 22.9 Å². The predicted molar refractivity (Wildman–Crippen MR) is 114 cm³/mol. The fourth-order valence-corrected chi connectivity index (χ4v) is 3.95. The quantitative estimate of drug-likeness (QED) is 0.674. The molecule has 0 saturated heterocycles. The average Bonchev–Trinajstić information content (AvgIpc) is 3.18. The fraction of sp³-hybridized carbons (Fsp3) is 0.292. The highest BCUT2D eigenvalue weighted by Gasteiger charge is 2.26. The van der Waals surface area contributed by atoms with E-state index in [1.54, 1.807) is 0 Å². The molecule has 5 nitrogen and oxygen atoms in total. The maximum Gasteiger partial charge on any atom is 0.258 e. The van der Waals surface area contributed by atoms with Crippen molar-refractivity contribution in [1.82, 2.24) is 14.8 Å². The molecule has 4 rings (SSSR count). The Bertz CT molecular complexity index is 952. The SMILES string of the molecule is Cn1cccc1[C@H](CNC(=O)COc1ccccc1)N1CCc2ccccc2C1. The van der Waals surface area contributed by atoms with E-state index in [2.05, 4.69) is 64.4 Å². The molecule has 2 heterocycles. The first-order chi connectivity index (χ1) is 14.2. The number of fused-ring (bicyclic) bond motifs is 1. The van der Waals surface area contributed by atoms with Crippen LogP contribution in [0.2, 0.25) is 0 Å². The number of benzene rings is 2. The van der Waals surface area contributed by atoms with E-state index in [0.29, 0.717) is 12.3 Å². The molecule has 0 spiro atoms. The zero-order chi connectivity index (χ0) is 20.1. The maximum absolute atomic E-state index is 12.4. The number of hydrogen-bond acceptors (Lipinski definition) is 3. The lowest BCUT2D eigenvalue weighted by atomic mass is 9.98. The minimum absolute atomic E-state index is 0.0205. The second-order valence-corrected chi connectivity index (χ2v) is 7.45. The summed E-state index contributed by atoms with van der Waals surface area (Å²) in [5.41, 5.74) is 4.00. The van der Waals surface area contributed by atoms with Gasteiger partial charge in [-0.25, -0.2) is 0 Å². The van der Waals surface area contributed by atoms with E-state index in [1.165, 1.54) is 16.8 Å². The molecule has 1 amide bonds. The first kappa shape index (κ1) is 19.3. The van der Waals surface area contributed by atoms with Crippen LogP contribution < -0.4 is 10.1 Å². The van der Waals surface area contributed by atoms with Crippen LogP contribution >= 0.6 is 0 Å². The highest BCUT2D eigenvalue weighted by atomic mass is 16.5. The van der Waals surface area contributed by atoms with Crippen molar-refractivity contribution in [3.8, 4) is 5.75 Å². The Kier molecular flexibility index (Phi) is 5.96. The van der Waals surface area contributed by atoms with Crippen molar-refractivity contribution in [2.45, 2.75) is 19.0 Å². The van der Waals surface area contributed by atoms with Gasteiger partial charge in [-0.3, -0.25) is 9.69 Å². The van der Waals surface area contributed by atoms with Crippen molar-refractivity contribution in [1.29, 1.82) is 0 Å². The maximum atomic E-state index is 12.4. The van der Waals surface area contributed by atoms with Crippen molar-refractivity contribution in [3.05, 3.63) is 89.7 Å². The van der Waals surface area contributed by atoms with Crippen LogP contribution in [0.5, 0.6) is 5.75 Å². The molecule has 1 N–H and O–H groups in total. The monoisotopic (exact) mass is 389 g/mol. The van der Waals surface area contributed by atoms with Crippen LogP contribution in [-0.4, -0.2) is 35.1 Å². The molecule has 0 saturated carbocycles. The summed E-state index contributed by atoms with van der Waals surface area (Å²) in [7, 11) is 2.06. The zero-order valence-electron chi connectivity index (χ0n) is 16.8. The van der Waals surface area contributed by atoms with Gasteiger partial charge in [-0.05, 0) is 41.8 Å². The number of nitrogens with one attached hydrogen (secondary N) is 1. The Labute approximate surface area is 171 Å². The molecule has 0 bridgehead atoms. The van der Waals surface area contributed by atoms with Crippen molar-refractivity contribution < 1.29 is 9.53 Å². The molecule has 1 aliphatic rings. The number of nitrogens with zero attached hydrogens (tertiary/aromatic N) is 2. The Morgan fingerprint density at radius 2 is 1.79 bits per heavy atom. The minimum Gasteiger partial charge on any atom is -0.484 e. The Morgan fingerprint density at radius 1 is 1.03 bits per heavy atom. The van der Waals surface area contributed by atoms with Gasteiger partial charge in [0, 0.05) is 38.6 Å². The van der Waals surface area contributed by atoms with Crippen LogP contribution in [0, 0.1) is 0 Å². The molecule has 5 heteroatoms. The number of rotatable bonds is 7. The number of carbonyl (C=O) groups is 1. The summed E-state index contributed by atoms with van der Waals surface area (Å²) in [6, 6.07) is 22.4. The van der Waals surface area contributed by atoms with Crippen LogP contribution in [0.4, 0.5) is 0 Å². The second kappa shape index (κ2) is 8.97. The summed E-state index contributed by atoms with van der Waals surface area (Å²) in [5, 5.41) is 3.07. The lowest BCUT2D eigenvalue weighted by molar-refractivity contribution is -0.123. The Balaban J connectivity index is 1.42. The van der Waals surface area contributed by atoms with Crippen LogP contribution in [0.3, 0.4) is 0 Å². The molecule has 29 heavy (non-hydrogen) atoms. The lowest BCUT2D eigenvalue weighted by Crippen LogP contribution is -2.42. The number of carbonyl (C=O) groups excluding carboxylic acids is 1. The number of amides is 1. The molecule has 0 unspecified atom stereocenters. The van der Waals surface area contributed by atoms with Gasteiger partial charge in [-0.1, -0.05) is 42.5 Å². The Hall–Kier alpha value is -3.05. The largest absolute Gasteiger partial charge is 0.484 e. The fourth-order valence-electron chi connectivity index (χ4n) is 3.95. The third-order valence-electron chi connectivity index (χ3n) is 5.53. The number of hydrogen-bond donors (Lipinski definition) is 1. The van der Waals surface area contributed by atoms with Crippen LogP contribution in [-0.2, 0) is 24.8 Å². The molecule has 0 fully saturated rings. The highest BCUT2D eigenvalue weighted by Crippen LogP contribution is 2.27. The predicted octanol–water partition coefficient (Wildman–Crippen LogP) is 3.32. The third kappa shape index (κ3) is 4.69. The van der Waals surface area contributed by atoms with Crippen molar-refractivity contribution in [2.24, 2.45) is 7.05 Å². The van der Waals surface area contributed by atoms with Gasteiger partial charge in [0.2, 0.25) is 0 Å². The molecule has 0 radical (unpaired) electrons. The summed E-state index contributed by atoms with van der Waals surface area (Å²) < 4.78 is 7.71. The van der Waals surface area contributed by atoms with E-state index >= 15 is 0 Å². The standard InChI is InChI=1S/C24H27N3O2/c1-26-14-7-12-22(26)23(27-15-13-19-8-5-6-9-20(19)17-27)16-25-24(28)18-29-21-10-3-2-4-11-21/h2-12,14,23H,13,15-18H2,1H3,(H,25,28)/t23-/m0/s1. The van der Waals surface area contributed by atoms with Crippen LogP contribution in [0.15, 0.2) is 72.9 Å². The van der Waals surface area contributed by atoms with Gasteiger partial charge in [0.25, 0.3) is 5.91 Å². The number of aromatic nitrogens is 1. The molecule has 0 aliphatic carbocycles. The second-order valence-electron chi connectivity index (χ2n) is 7.45. The van der Waals surface area contributed by atoms with Gasteiger partial charge in [-0.2, -0.15) is 0 Å². The summed E-state index contributed by atoms with van der Waals surface area (Å²) in [4.78, 5) is 14.8. The summed E-state index contributed by atoms with van der Waals surface area (Å²) in [5.74, 6) is 0.597. The molecular weight excluding hydrogens is 362 g/mol. The van der Waals surface area contributed by atoms with E-state index in [1.807, 2.05) is 30.3 Å². The Morgan fingerprint density at radius 3 is 2.55 bits per heavy atom. The number of aryl methyl sites for hydroxylation is 1. The number of ether oxygens (including phenoxy) is 1. The molecule has 2 aromatic carbocycles. The van der Waals surface area contributed by atoms with Crippen molar-refractivity contribution in [3.63, 3.8) is 0 Å². The zero-order valence-corrected chi connectivity index (χ0v) is 16.8. The van der Waals surface area contributed by atoms with E-state index in [9.17, 15) is 4.79 Å². The van der Waals surface area contributed by atoms with Gasteiger partial charge in [0.05, 0.1) is 6.04 Å². The van der Waals surface area contributed by atoms with E-state index < -0.39 is 0 Å². The van der Waals surface area contributed by atoms with E-state index in [-0.39, 0.29) is 18.6 Å². The van der Waals surface area contributed by atoms with Gasteiger partial charge in [-0.15, -0.1) is 0 Å². The van der Waals surface area contributed by atoms with Gasteiger partial charge in [0.1, 0.15) is 5.75 Å². The molecule has 1 aliphatic heterocycles. The first-order valence-corrected chi connectivity index (χ1v) is 10.1. The van der Waals surface area contributed by atoms with Gasteiger partial charge in [0.15, 0.2) is 6.61 Å². The molecule has 3 aromatic rings. The molecule has 1 atom stereocenters. The van der Waals surface area contributed by atoms with E-state index in [4.69, 9.17) is 4.74 Å². The minimum atomic E-state index is -0.106. The van der Waals surface area contributed by atoms with Gasteiger partial charge < -0.3 is 14.6 Å². The highest BCUT2D eigenvalue weighted by molar-refractivity contribution is 5.77. The summed E-state index contributed by atoms with van der Waals surface area (Å²) in [6.45, 7) is 2.44. The molecule has 1 aromatic heterocycles. The lowest BCUT2D eigenvalue weighted by Gasteiger charge is -2.36. The number of para-hydroxylation sites is 1. The normalized spacial score (nSPS) is 14.8. The molecule has 150 valence electrons. The third-order valence-corrected chi connectivity index (χ3v) is 5.53. The van der Waals surface area contributed by atoms with Crippen molar-refractivity contribution in [2.75, 3.05) is 19.7 Å². The molecular formula is C24H27N3O2. The smallest absolute Gasteiger partial charge is 0.258 e. The van der Waals surface area contributed by atoms with E-state index in [0.717, 1.165) is 19.5 Å². The van der Waals surface area contributed by atoms with Crippen molar-refractivity contribution >= 4 is 5.91 Å².